The molecule has 0 amide bonds. The highest BCUT2D eigenvalue weighted by atomic mass is 35.6. The van der Waals surface area contributed by atoms with Gasteiger partial charge in [0.05, 0.1) is 18.7 Å². The van der Waals surface area contributed by atoms with Crippen LogP contribution in [-0.4, -0.2) is 27.6 Å². The molecule has 2 aromatic carbocycles. The van der Waals surface area contributed by atoms with Crippen LogP contribution in [0.1, 0.15) is 23.6 Å². The lowest BCUT2D eigenvalue weighted by atomic mass is 9.94. The Balaban J connectivity index is 2.14. The van der Waals surface area contributed by atoms with Crippen LogP contribution in [0.15, 0.2) is 84.2 Å². The average Bonchev–Trinajstić information content (AvgIpc) is 2.73. The van der Waals surface area contributed by atoms with Crippen molar-refractivity contribution in [3.8, 4) is 0 Å². The summed E-state index contributed by atoms with van der Waals surface area (Å²) in [5.41, 5.74) is 2.45. The van der Waals surface area contributed by atoms with Crippen LogP contribution >= 0.6 is 34.8 Å². The summed E-state index contributed by atoms with van der Waals surface area (Å²) in [5, 5.41) is 0. The van der Waals surface area contributed by atoms with E-state index < -0.39 is 15.5 Å². The summed E-state index contributed by atoms with van der Waals surface area (Å²) in [7, 11) is 1.29. The molecule has 1 aliphatic rings. The second-order valence-electron chi connectivity index (χ2n) is 6.48. The first-order chi connectivity index (χ1) is 13.8. The fourth-order valence-electron chi connectivity index (χ4n) is 3.23. The number of ether oxygens (including phenoxy) is 1. The summed E-state index contributed by atoms with van der Waals surface area (Å²) in [6.45, 7) is 0. The molecule has 1 heterocycles. The van der Waals surface area contributed by atoms with E-state index in [0.717, 1.165) is 11.1 Å². The molecule has 0 aliphatic carbocycles. The molecule has 4 nitrogen and oxygen atoms in total. The number of benzene rings is 2. The number of alkyl halides is 3. The van der Waals surface area contributed by atoms with Crippen molar-refractivity contribution in [2.45, 2.75) is 16.3 Å². The van der Waals surface area contributed by atoms with Crippen molar-refractivity contribution in [1.82, 2.24) is 4.90 Å². The lowest BCUT2D eigenvalue weighted by molar-refractivity contribution is -0.136. The fraction of sp³-hybridized carbons (Fsp3) is 0.182. The van der Waals surface area contributed by atoms with Crippen LogP contribution in [0.4, 0.5) is 0 Å². The topological polar surface area (TPSA) is 46.6 Å². The molecule has 0 saturated heterocycles. The van der Waals surface area contributed by atoms with E-state index in [9.17, 15) is 9.59 Å². The summed E-state index contributed by atoms with van der Waals surface area (Å²) >= 11 is 17.5. The third kappa shape index (κ3) is 5.02. The maximum Gasteiger partial charge on any atom is 0.335 e. The Morgan fingerprint density at radius 1 is 0.897 bits per heavy atom. The van der Waals surface area contributed by atoms with Crippen LogP contribution in [0.3, 0.4) is 0 Å². The number of rotatable bonds is 5. The quantitative estimate of drug-likeness (QED) is 0.454. The van der Waals surface area contributed by atoms with Gasteiger partial charge in [0.1, 0.15) is 0 Å². The zero-order valence-corrected chi connectivity index (χ0v) is 17.8. The summed E-state index contributed by atoms with van der Waals surface area (Å²) in [4.78, 5) is 26.7. The fourth-order valence-corrected chi connectivity index (χ4v) is 3.59. The highest BCUT2D eigenvalue weighted by Crippen LogP contribution is 2.37. The van der Waals surface area contributed by atoms with Crippen LogP contribution in [0, 0.1) is 0 Å². The molecule has 2 aromatic rings. The Morgan fingerprint density at radius 2 is 1.38 bits per heavy atom. The molecule has 0 spiro atoms. The Morgan fingerprint density at radius 3 is 1.83 bits per heavy atom. The number of halogens is 3. The molecule has 0 radical (unpaired) electrons. The maximum absolute atomic E-state index is 12.6. The van der Waals surface area contributed by atoms with Crippen molar-refractivity contribution in [2.75, 3.05) is 7.11 Å². The summed E-state index contributed by atoms with van der Waals surface area (Å²) in [6.07, 6.45) is 3.32. The molecule has 1 aliphatic heterocycles. The number of Topliss-reactive ketones (excluding diaryl/α,β-unsaturated/α-hetero) is 1. The van der Waals surface area contributed by atoms with Gasteiger partial charge in [0.15, 0.2) is 0 Å². The van der Waals surface area contributed by atoms with Crippen molar-refractivity contribution >= 4 is 46.6 Å². The summed E-state index contributed by atoms with van der Waals surface area (Å²) < 4.78 is 2.75. The number of methoxy groups -OCH3 is 1. The third-order valence-corrected chi connectivity index (χ3v) is 5.03. The van der Waals surface area contributed by atoms with E-state index in [2.05, 4.69) is 0 Å². The van der Waals surface area contributed by atoms with E-state index in [1.54, 1.807) is 17.3 Å². The van der Waals surface area contributed by atoms with Gasteiger partial charge >= 0.3 is 5.97 Å². The van der Waals surface area contributed by atoms with Crippen LogP contribution in [0.2, 0.25) is 0 Å². The minimum atomic E-state index is -2.12. The molecule has 0 atom stereocenters. The van der Waals surface area contributed by atoms with E-state index in [1.165, 1.54) is 7.11 Å². The van der Waals surface area contributed by atoms with Crippen LogP contribution in [0.5, 0.6) is 0 Å². The molecule has 0 N–H and O–H groups in total. The SMILES string of the molecule is COC(=O)C1=CN(C(c2ccccc2)c2ccccc2)C=C(C(=O)C(Cl)(Cl)Cl)C1. The van der Waals surface area contributed by atoms with E-state index in [1.807, 2.05) is 60.7 Å². The Hall–Kier alpha value is -2.27. The number of hydrogen-bond acceptors (Lipinski definition) is 4. The molecule has 150 valence electrons. The van der Waals surface area contributed by atoms with E-state index in [0.29, 0.717) is 5.57 Å². The van der Waals surface area contributed by atoms with Gasteiger partial charge in [-0.1, -0.05) is 95.5 Å². The van der Waals surface area contributed by atoms with Crippen molar-refractivity contribution < 1.29 is 14.3 Å². The standard InChI is InChI=1S/C22H18Cl3NO3/c1-29-21(28)18-12-17(20(27)22(23,24)25)13-26(14-18)19(15-8-4-2-5-9-15)16-10-6-3-7-11-16/h2-11,13-14,19H,12H2,1H3. The third-order valence-electron chi connectivity index (χ3n) is 4.52. The number of ketones is 1. The first-order valence-corrected chi connectivity index (χ1v) is 9.93. The van der Waals surface area contributed by atoms with Crippen molar-refractivity contribution in [1.29, 1.82) is 0 Å². The van der Waals surface area contributed by atoms with Crippen molar-refractivity contribution in [2.24, 2.45) is 0 Å². The van der Waals surface area contributed by atoms with Gasteiger partial charge in [0.25, 0.3) is 3.79 Å². The largest absolute Gasteiger partial charge is 0.466 e. The molecule has 7 heteroatoms. The predicted molar refractivity (Wildman–Crippen MR) is 115 cm³/mol. The molecular formula is C22H18Cl3NO3. The smallest absolute Gasteiger partial charge is 0.335 e. The first kappa shape index (κ1) is 21.4. The minimum absolute atomic E-state index is 0.0201. The second kappa shape index (κ2) is 9.04. The van der Waals surface area contributed by atoms with Crippen LogP contribution in [-0.2, 0) is 14.3 Å². The first-order valence-electron chi connectivity index (χ1n) is 8.80. The highest BCUT2D eigenvalue weighted by Gasteiger charge is 2.36. The minimum Gasteiger partial charge on any atom is -0.466 e. The van der Waals surface area contributed by atoms with Crippen molar-refractivity contribution in [3.63, 3.8) is 0 Å². The number of hydrogen-bond donors (Lipinski definition) is 0. The summed E-state index contributed by atoms with van der Waals surface area (Å²) in [6, 6.07) is 19.2. The second-order valence-corrected chi connectivity index (χ2v) is 8.76. The van der Waals surface area contributed by atoms with Gasteiger partial charge < -0.3 is 9.64 Å². The normalized spacial score (nSPS) is 14.3. The van der Waals surface area contributed by atoms with Gasteiger partial charge in [0, 0.05) is 24.4 Å². The number of esters is 1. The maximum atomic E-state index is 12.6. The van der Waals surface area contributed by atoms with Gasteiger partial charge in [0.2, 0.25) is 5.78 Å². The van der Waals surface area contributed by atoms with Crippen molar-refractivity contribution in [3.05, 3.63) is 95.3 Å². The predicted octanol–water partition coefficient (Wildman–Crippen LogP) is 5.36. The molecule has 0 fully saturated rings. The Labute approximate surface area is 184 Å². The molecule has 0 saturated carbocycles. The molecule has 29 heavy (non-hydrogen) atoms. The Bertz CT molecular complexity index is 911. The molecule has 0 unspecified atom stereocenters. The van der Waals surface area contributed by atoms with Gasteiger partial charge in [-0.3, -0.25) is 4.79 Å². The molecular weight excluding hydrogens is 433 g/mol. The van der Waals surface area contributed by atoms with E-state index in [-0.39, 0.29) is 18.0 Å². The van der Waals surface area contributed by atoms with Gasteiger partial charge in [-0.25, -0.2) is 4.79 Å². The number of carbonyl (C=O) groups is 2. The number of nitrogens with zero attached hydrogens (tertiary/aromatic N) is 1. The van der Waals surface area contributed by atoms with E-state index >= 15 is 0 Å². The summed E-state index contributed by atoms with van der Waals surface area (Å²) in [5.74, 6) is -1.22. The molecule has 0 aromatic heterocycles. The van der Waals surface area contributed by atoms with Crippen LogP contribution < -0.4 is 0 Å². The average molecular weight is 451 g/mol. The van der Waals surface area contributed by atoms with Gasteiger partial charge in [-0.15, -0.1) is 0 Å². The van der Waals surface area contributed by atoms with Gasteiger partial charge in [-0.2, -0.15) is 0 Å². The van der Waals surface area contributed by atoms with Crippen LogP contribution in [0.25, 0.3) is 0 Å². The molecule has 0 bridgehead atoms. The highest BCUT2D eigenvalue weighted by molar-refractivity contribution is 6.77. The molecule has 3 rings (SSSR count). The zero-order chi connectivity index (χ0) is 21.0. The number of allylic oxidation sites excluding steroid dienone is 1. The zero-order valence-electron chi connectivity index (χ0n) is 15.5. The lowest BCUT2D eigenvalue weighted by Gasteiger charge is -2.33. The lowest BCUT2D eigenvalue weighted by Crippen LogP contribution is -2.30. The van der Waals surface area contributed by atoms with E-state index in [4.69, 9.17) is 39.5 Å². The monoisotopic (exact) mass is 449 g/mol. The number of carbonyl (C=O) groups excluding carboxylic acids is 2. The van der Waals surface area contributed by atoms with Gasteiger partial charge in [-0.05, 0) is 11.1 Å². The Kier molecular flexibility index (Phi) is 6.68.